The van der Waals surface area contributed by atoms with E-state index in [0.717, 1.165) is 31.2 Å². The van der Waals surface area contributed by atoms with Crippen LogP contribution >= 0.6 is 24.0 Å². The van der Waals surface area contributed by atoms with Crippen molar-refractivity contribution < 1.29 is 4.42 Å². The molecule has 0 aliphatic rings. The van der Waals surface area contributed by atoms with E-state index in [2.05, 4.69) is 41.6 Å². The fourth-order valence-corrected chi connectivity index (χ4v) is 1.99. The molecule has 0 fully saturated rings. The minimum absolute atomic E-state index is 0. The zero-order valence-corrected chi connectivity index (χ0v) is 16.1. The van der Waals surface area contributed by atoms with Crippen molar-refractivity contribution in [1.82, 2.24) is 10.6 Å². The van der Waals surface area contributed by atoms with Crippen LogP contribution in [0.3, 0.4) is 0 Å². The van der Waals surface area contributed by atoms with Crippen LogP contribution in [0.5, 0.6) is 0 Å². The Morgan fingerprint density at radius 2 is 1.87 bits per heavy atom. The van der Waals surface area contributed by atoms with Gasteiger partial charge in [-0.1, -0.05) is 44.2 Å². The minimum Gasteiger partial charge on any atom is -0.469 e. The van der Waals surface area contributed by atoms with Gasteiger partial charge in [-0.05, 0) is 23.6 Å². The molecule has 1 aromatic heterocycles. The van der Waals surface area contributed by atoms with Crippen molar-refractivity contribution in [2.24, 2.45) is 10.9 Å². The number of hydrogen-bond donors (Lipinski definition) is 2. The fourth-order valence-electron chi connectivity index (χ4n) is 1.99. The van der Waals surface area contributed by atoms with E-state index in [1.54, 1.807) is 6.26 Å². The zero-order chi connectivity index (χ0) is 15.6. The van der Waals surface area contributed by atoms with Crippen molar-refractivity contribution in [1.29, 1.82) is 0 Å². The van der Waals surface area contributed by atoms with E-state index in [9.17, 15) is 0 Å². The van der Waals surface area contributed by atoms with Crippen LogP contribution in [0.15, 0.2) is 58.1 Å². The lowest BCUT2D eigenvalue weighted by Gasteiger charge is -2.14. The van der Waals surface area contributed by atoms with Gasteiger partial charge in [0, 0.05) is 19.5 Å². The number of nitrogens with zero attached hydrogens (tertiary/aromatic N) is 1. The molecule has 23 heavy (non-hydrogen) atoms. The van der Waals surface area contributed by atoms with Crippen molar-refractivity contribution in [3.05, 3.63) is 60.1 Å². The average Bonchev–Trinajstić information content (AvgIpc) is 3.03. The largest absolute Gasteiger partial charge is 0.469 e. The summed E-state index contributed by atoms with van der Waals surface area (Å²) in [6.45, 7) is 6.75. The van der Waals surface area contributed by atoms with Crippen LogP contribution < -0.4 is 10.6 Å². The summed E-state index contributed by atoms with van der Waals surface area (Å²) < 4.78 is 5.34. The summed E-state index contributed by atoms with van der Waals surface area (Å²) in [7, 11) is 0. The molecule has 0 unspecified atom stereocenters. The summed E-state index contributed by atoms with van der Waals surface area (Å²) in [5.41, 5.74) is 1.21. The second-order valence-corrected chi connectivity index (χ2v) is 5.68. The molecule has 1 aromatic carbocycles. The molecule has 0 amide bonds. The van der Waals surface area contributed by atoms with E-state index >= 15 is 0 Å². The summed E-state index contributed by atoms with van der Waals surface area (Å²) in [5, 5.41) is 6.74. The Morgan fingerprint density at radius 1 is 1.09 bits per heavy atom. The van der Waals surface area contributed by atoms with Crippen molar-refractivity contribution in [3.8, 4) is 0 Å². The monoisotopic (exact) mass is 427 g/mol. The summed E-state index contributed by atoms with van der Waals surface area (Å²) in [4.78, 5) is 4.65. The first-order chi connectivity index (χ1) is 10.7. The van der Waals surface area contributed by atoms with Gasteiger partial charge in [-0.25, -0.2) is 4.99 Å². The first-order valence-electron chi connectivity index (χ1n) is 7.82. The van der Waals surface area contributed by atoms with Crippen LogP contribution in [0.4, 0.5) is 0 Å². The molecular formula is C18H26IN3O. The topological polar surface area (TPSA) is 49.6 Å². The second kappa shape index (κ2) is 11.1. The molecule has 0 aliphatic heterocycles. The Hall–Kier alpha value is -1.50. The lowest BCUT2D eigenvalue weighted by atomic mass is 10.2. The molecule has 0 saturated carbocycles. The molecule has 0 radical (unpaired) electrons. The van der Waals surface area contributed by atoms with Gasteiger partial charge in [0.25, 0.3) is 0 Å². The molecule has 0 atom stereocenters. The summed E-state index contributed by atoms with van der Waals surface area (Å²) in [6, 6.07) is 14.2. The number of furan rings is 1. The molecule has 0 spiro atoms. The first kappa shape index (κ1) is 19.5. The van der Waals surface area contributed by atoms with Gasteiger partial charge in [0.1, 0.15) is 5.76 Å². The van der Waals surface area contributed by atoms with Gasteiger partial charge >= 0.3 is 0 Å². The summed E-state index contributed by atoms with van der Waals surface area (Å²) >= 11 is 0. The van der Waals surface area contributed by atoms with Crippen molar-refractivity contribution >= 4 is 29.9 Å². The lowest BCUT2D eigenvalue weighted by Crippen LogP contribution is -2.40. The van der Waals surface area contributed by atoms with Crippen LogP contribution in [0.25, 0.3) is 0 Å². The second-order valence-electron chi connectivity index (χ2n) is 5.68. The van der Waals surface area contributed by atoms with Crippen LogP contribution in [-0.4, -0.2) is 19.0 Å². The number of nitrogens with one attached hydrogen (secondary N) is 2. The predicted molar refractivity (Wildman–Crippen MR) is 106 cm³/mol. The van der Waals surface area contributed by atoms with Gasteiger partial charge in [0.15, 0.2) is 5.96 Å². The maximum Gasteiger partial charge on any atom is 0.191 e. The molecule has 2 aromatic rings. The molecule has 2 rings (SSSR count). The number of aliphatic imine (C=N–C) groups is 1. The number of guanidine groups is 1. The molecule has 1 heterocycles. The molecule has 5 heteroatoms. The van der Waals surface area contributed by atoms with Crippen LogP contribution in [0.2, 0.25) is 0 Å². The normalized spacial score (nSPS) is 11.2. The average molecular weight is 427 g/mol. The summed E-state index contributed by atoms with van der Waals surface area (Å²) in [6.07, 6.45) is 2.55. The molecule has 0 aliphatic carbocycles. The molecular weight excluding hydrogens is 401 g/mol. The standard InChI is InChI=1S/C18H25N3O.HI/c1-15(2)13-20-18(19-11-10-17-9-6-12-22-17)21-14-16-7-4-3-5-8-16;/h3-9,12,15H,10-11,13-14H2,1-2H3,(H2,19,20,21);1H. The number of halogens is 1. The molecule has 0 saturated heterocycles. The predicted octanol–water partition coefficient (Wildman–Crippen LogP) is 3.83. The Bertz CT molecular complexity index is 553. The van der Waals surface area contributed by atoms with Gasteiger partial charge < -0.3 is 15.1 Å². The fraction of sp³-hybridized carbons (Fsp3) is 0.389. The quantitative estimate of drug-likeness (QED) is 0.401. The summed E-state index contributed by atoms with van der Waals surface area (Å²) in [5.74, 6) is 2.41. The molecule has 2 N–H and O–H groups in total. The van der Waals surface area contributed by atoms with Gasteiger partial charge in [-0.2, -0.15) is 0 Å². The third kappa shape index (κ3) is 8.06. The van der Waals surface area contributed by atoms with Gasteiger partial charge in [-0.15, -0.1) is 24.0 Å². The van der Waals surface area contributed by atoms with Crippen LogP contribution in [-0.2, 0) is 13.0 Å². The van der Waals surface area contributed by atoms with E-state index in [1.807, 2.05) is 30.3 Å². The third-order valence-electron chi connectivity index (χ3n) is 3.18. The molecule has 4 nitrogen and oxygen atoms in total. The highest BCUT2D eigenvalue weighted by Gasteiger charge is 2.02. The van der Waals surface area contributed by atoms with Crippen molar-refractivity contribution in [2.45, 2.75) is 26.8 Å². The maximum atomic E-state index is 5.34. The highest BCUT2D eigenvalue weighted by atomic mass is 127. The van der Waals surface area contributed by atoms with Crippen molar-refractivity contribution in [2.75, 3.05) is 13.1 Å². The van der Waals surface area contributed by atoms with E-state index < -0.39 is 0 Å². The third-order valence-corrected chi connectivity index (χ3v) is 3.18. The highest BCUT2D eigenvalue weighted by molar-refractivity contribution is 14.0. The smallest absolute Gasteiger partial charge is 0.191 e. The first-order valence-corrected chi connectivity index (χ1v) is 7.82. The minimum atomic E-state index is 0. The molecule has 126 valence electrons. The lowest BCUT2D eigenvalue weighted by molar-refractivity contribution is 0.506. The number of benzene rings is 1. The van der Waals surface area contributed by atoms with E-state index in [-0.39, 0.29) is 24.0 Å². The number of rotatable bonds is 7. The van der Waals surface area contributed by atoms with Gasteiger partial charge in [-0.3, -0.25) is 0 Å². The molecule has 0 bridgehead atoms. The van der Waals surface area contributed by atoms with E-state index in [4.69, 9.17) is 4.42 Å². The Morgan fingerprint density at radius 3 is 2.52 bits per heavy atom. The van der Waals surface area contributed by atoms with Crippen LogP contribution in [0.1, 0.15) is 25.2 Å². The van der Waals surface area contributed by atoms with E-state index in [1.165, 1.54) is 5.56 Å². The van der Waals surface area contributed by atoms with E-state index in [0.29, 0.717) is 12.5 Å². The van der Waals surface area contributed by atoms with Crippen LogP contribution in [0, 0.1) is 5.92 Å². The Labute approximate surface area is 155 Å². The Kier molecular flexibility index (Phi) is 9.43. The number of hydrogen-bond acceptors (Lipinski definition) is 2. The maximum absolute atomic E-state index is 5.34. The van der Waals surface area contributed by atoms with Gasteiger partial charge in [0.2, 0.25) is 0 Å². The Balaban J connectivity index is 0.00000264. The SMILES string of the molecule is CC(C)CNC(=NCc1ccccc1)NCCc1ccco1.I. The van der Waals surface area contributed by atoms with Gasteiger partial charge in [0.05, 0.1) is 12.8 Å². The highest BCUT2D eigenvalue weighted by Crippen LogP contribution is 2.01. The van der Waals surface area contributed by atoms with Crippen molar-refractivity contribution in [3.63, 3.8) is 0 Å². The zero-order valence-electron chi connectivity index (χ0n) is 13.8.